The van der Waals surface area contributed by atoms with E-state index in [2.05, 4.69) is 46.4 Å². The zero-order chi connectivity index (χ0) is 16.1. The van der Waals surface area contributed by atoms with E-state index in [4.69, 9.17) is 4.74 Å². The zero-order valence-corrected chi connectivity index (χ0v) is 14.4. The highest BCUT2D eigenvalue weighted by Gasteiger charge is 2.57. The van der Waals surface area contributed by atoms with Gasteiger partial charge in [-0.3, -0.25) is 4.79 Å². The molecule has 2 nitrogen and oxygen atoms in total. The van der Waals surface area contributed by atoms with Crippen molar-refractivity contribution in [3.8, 4) is 0 Å². The molecule has 1 heterocycles. The molecule has 4 atom stereocenters. The molecular formula is C20H28O2. The highest BCUT2D eigenvalue weighted by atomic mass is 16.6. The van der Waals surface area contributed by atoms with Gasteiger partial charge in [-0.1, -0.05) is 38.2 Å². The van der Waals surface area contributed by atoms with Crippen LogP contribution >= 0.6 is 0 Å². The Morgan fingerprint density at radius 3 is 2.73 bits per heavy atom. The van der Waals surface area contributed by atoms with Gasteiger partial charge in [0.05, 0.1) is 0 Å². The van der Waals surface area contributed by atoms with Crippen molar-refractivity contribution in [1.29, 1.82) is 0 Å². The molecule has 0 amide bonds. The number of ketones is 1. The smallest absolute Gasteiger partial charge is 0.194 e. The van der Waals surface area contributed by atoms with E-state index in [9.17, 15) is 4.79 Å². The molecule has 2 heteroatoms. The maximum atomic E-state index is 12.9. The average Bonchev–Trinajstić information content (AvgIpc) is 3.14. The summed E-state index contributed by atoms with van der Waals surface area (Å²) in [6.07, 6.45) is 9.21. The van der Waals surface area contributed by atoms with Crippen molar-refractivity contribution in [3.63, 3.8) is 0 Å². The molecule has 120 valence electrons. The van der Waals surface area contributed by atoms with E-state index in [1.165, 1.54) is 5.57 Å². The molecule has 1 fully saturated rings. The van der Waals surface area contributed by atoms with E-state index in [0.29, 0.717) is 5.92 Å². The number of allylic oxidation sites excluding steroid dienone is 4. The lowest BCUT2D eigenvalue weighted by molar-refractivity contribution is -0.116. The van der Waals surface area contributed by atoms with E-state index >= 15 is 0 Å². The highest BCUT2D eigenvalue weighted by molar-refractivity contribution is 6.05. The first-order valence-electron chi connectivity index (χ1n) is 8.55. The molecule has 0 aromatic heterocycles. The number of fused-ring (bicyclic) bond motifs is 3. The standard InChI is InChI=1S/C20H28O2/c1-13-7-6-11-20(5)18(22-20)17(21)16-9-8-14(2)19(4,12-10-13)15(16)3/h7,9,14,18H,3,6,8,10-12H2,1-2,4-5H3/b13-7+/t14-,18-,19+,20-/m1/s1. The van der Waals surface area contributed by atoms with Crippen LogP contribution in [0.3, 0.4) is 0 Å². The van der Waals surface area contributed by atoms with E-state index in [0.717, 1.165) is 43.3 Å². The van der Waals surface area contributed by atoms with Crippen molar-refractivity contribution in [2.75, 3.05) is 0 Å². The van der Waals surface area contributed by atoms with Crippen molar-refractivity contribution in [2.45, 2.75) is 71.5 Å². The Labute approximate surface area is 134 Å². The molecule has 0 spiro atoms. The van der Waals surface area contributed by atoms with Crippen molar-refractivity contribution in [1.82, 2.24) is 0 Å². The van der Waals surface area contributed by atoms with Gasteiger partial charge in [0.25, 0.3) is 0 Å². The molecule has 3 rings (SSSR count). The Hall–Kier alpha value is -1.15. The Bertz CT molecular complexity index is 583. The predicted octanol–water partition coefficient (Wildman–Crippen LogP) is 4.76. The summed E-state index contributed by atoms with van der Waals surface area (Å²) < 4.78 is 5.80. The van der Waals surface area contributed by atoms with Crippen molar-refractivity contribution in [3.05, 3.63) is 35.5 Å². The topological polar surface area (TPSA) is 29.6 Å². The van der Waals surface area contributed by atoms with E-state index in [-0.39, 0.29) is 22.9 Å². The molecule has 0 saturated carbocycles. The number of carbonyl (C=O) groups excluding carboxylic acids is 1. The monoisotopic (exact) mass is 300 g/mol. The first-order chi connectivity index (χ1) is 10.3. The molecule has 1 saturated heterocycles. The lowest BCUT2D eigenvalue weighted by atomic mass is 9.62. The summed E-state index contributed by atoms with van der Waals surface area (Å²) in [6, 6.07) is 0. The largest absolute Gasteiger partial charge is 0.358 e. The number of Topliss-reactive ketones (excluding diaryl/α,β-unsaturated/α-hetero) is 1. The summed E-state index contributed by atoms with van der Waals surface area (Å²) in [4.78, 5) is 12.9. The maximum Gasteiger partial charge on any atom is 0.194 e. The Morgan fingerprint density at radius 2 is 2.00 bits per heavy atom. The molecule has 0 aromatic carbocycles. The lowest BCUT2D eigenvalue weighted by Crippen LogP contribution is -2.34. The number of hydrogen-bond acceptors (Lipinski definition) is 2. The van der Waals surface area contributed by atoms with Gasteiger partial charge in [0.2, 0.25) is 0 Å². The van der Waals surface area contributed by atoms with Crippen LogP contribution in [0.15, 0.2) is 35.5 Å². The number of rotatable bonds is 0. The van der Waals surface area contributed by atoms with Crippen molar-refractivity contribution in [2.24, 2.45) is 11.3 Å². The van der Waals surface area contributed by atoms with Crippen LogP contribution in [0, 0.1) is 11.3 Å². The third-order valence-corrected chi connectivity index (χ3v) is 6.34. The number of epoxide rings is 1. The van der Waals surface area contributed by atoms with Crippen LogP contribution in [0.4, 0.5) is 0 Å². The predicted molar refractivity (Wildman–Crippen MR) is 89.6 cm³/mol. The van der Waals surface area contributed by atoms with Gasteiger partial charge in [0.15, 0.2) is 5.78 Å². The van der Waals surface area contributed by atoms with Crippen molar-refractivity contribution >= 4 is 5.78 Å². The number of ether oxygens (including phenoxy) is 1. The Kier molecular flexibility index (Phi) is 3.71. The minimum Gasteiger partial charge on any atom is -0.358 e. The minimum atomic E-state index is -0.270. The van der Waals surface area contributed by atoms with Gasteiger partial charge in [-0.15, -0.1) is 0 Å². The molecular weight excluding hydrogens is 272 g/mol. The first kappa shape index (κ1) is 15.7. The summed E-state index contributed by atoms with van der Waals surface area (Å²) in [5, 5.41) is 0. The van der Waals surface area contributed by atoms with Crippen LogP contribution in [-0.4, -0.2) is 17.5 Å². The van der Waals surface area contributed by atoms with Crippen LogP contribution in [0.25, 0.3) is 0 Å². The summed E-state index contributed by atoms with van der Waals surface area (Å²) in [6.45, 7) is 13.2. The van der Waals surface area contributed by atoms with Gasteiger partial charge in [0.1, 0.15) is 11.7 Å². The van der Waals surface area contributed by atoms with Gasteiger partial charge < -0.3 is 4.74 Å². The molecule has 22 heavy (non-hydrogen) atoms. The molecule has 0 unspecified atom stereocenters. The van der Waals surface area contributed by atoms with E-state index < -0.39 is 0 Å². The zero-order valence-electron chi connectivity index (χ0n) is 14.4. The second-order valence-electron chi connectivity index (χ2n) is 7.91. The molecule has 0 aromatic rings. The molecule has 3 aliphatic rings. The second kappa shape index (κ2) is 5.19. The van der Waals surface area contributed by atoms with Gasteiger partial charge in [0, 0.05) is 5.57 Å². The van der Waals surface area contributed by atoms with Crippen LogP contribution in [0.1, 0.15) is 59.8 Å². The van der Waals surface area contributed by atoms with Crippen LogP contribution in [-0.2, 0) is 9.53 Å². The number of hydrogen-bond donors (Lipinski definition) is 0. The fraction of sp³-hybridized carbons (Fsp3) is 0.650. The fourth-order valence-electron chi connectivity index (χ4n) is 3.99. The molecule has 2 bridgehead atoms. The Morgan fingerprint density at radius 1 is 1.27 bits per heavy atom. The minimum absolute atomic E-state index is 0.0132. The van der Waals surface area contributed by atoms with Crippen LogP contribution in [0.5, 0.6) is 0 Å². The van der Waals surface area contributed by atoms with Gasteiger partial charge >= 0.3 is 0 Å². The normalized spacial score (nSPS) is 44.9. The molecule has 0 N–H and O–H groups in total. The van der Waals surface area contributed by atoms with Gasteiger partial charge in [-0.2, -0.15) is 0 Å². The van der Waals surface area contributed by atoms with E-state index in [1.807, 2.05) is 0 Å². The average molecular weight is 300 g/mol. The SMILES string of the molecule is C=C1C2=CC[C@@H](C)[C@]1(C)CC/C(C)=C/CC[C@@]1(C)O[C@@H]1C2=O. The van der Waals surface area contributed by atoms with Gasteiger partial charge in [-0.25, -0.2) is 0 Å². The summed E-state index contributed by atoms with van der Waals surface area (Å²) in [7, 11) is 0. The van der Waals surface area contributed by atoms with Crippen LogP contribution in [0.2, 0.25) is 0 Å². The second-order valence-corrected chi connectivity index (χ2v) is 7.91. The summed E-state index contributed by atoms with van der Waals surface area (Å²) in [5.41, 5.74) is 3.07. The first-order valence-corrected chi connectivity index (χ1v) is 8.55. The van der Waals surface area contributed by atoms with Gasteiger partial charge in [-0.05, 0) is 62.9 Å². The fourth-order valence-corrected chi connectivity index (χ4v) is 3.99. The number of carbonyl (C=O) groups is 1. The Balaban J connectivity index is 1.98. The highest BCUT2D eigenvalue weighted by Crippen LogP contribution is 2.51. The summed E-state index contributed by atoms with van der Waals surface area (Å²) >= 11 is 0. The quantitative estimate of drug-likeness (QED) is 0.477. The van der Waals surface area contributed by atoms with E-state index in [1.54, 1.807) is 0 Å². The molecule has 2 aliphatic carbocycles. The maximum absolute atomic E-state index is 12.9. The molecule has 0 radical (unpaired) electrons. The third-order valence-electron chi connectivity index (χ3n) is 6.34. The third kappa shape index (κ3) is 2.42. The van der Waals surface area contributed by atoms with Crippen molar-refractivity contribution < 1.29 is 9.53 Å². The van der Waals surface area contributed by atoms with Crippen LogP contribution < -0.4 is 0 Å². The molecule has 1 aliphatic heterocycles. The summed E-state index contributed by atoms with van der Waals surface area (Å²) in [5.74, 6) is 0.686. The lowest BCUT2D eigenvalue weighted by Gasteiger charge is -2.41.